The first kappa shape index (κ1) is 10.7. The number of furan rings is 1. The van der Waals surface area contributed by atoms with Crippen molar-refractivity contribution in [2.45, 2.75) is 19.8 Å². The third-order valence-corrected chi connectivity index (χ3v) is 2.50. The second-order valence-corrected chi connectivity index (χ2v) is 4.07. The highest BCUT2D eigenvalue weighted by atomic mass is 16.3. The Bertz CT molecular complexity index is 509. The minimum atomic E-state index is 0.311. The van der Waals surface area contributed by atoms with Crippen LogP contribution in [0.1, 0.15) is 36.0 Å². The molecule has 16 heavy (non-hydrogen) atoms. The van der Waals surface area contributed by atoms with Gasteiger partial charge in [-0.1, -0.05) is 13.8 Å². The number of carbonyl (C=O) groups excluding carboxylic acids is 1. The zero-order chi connectivity index (χ0) is 11.7. The summed E-state index contributed by atoms with van der Waals surface area (Å²) in [5.74, 6) is 0.667. The average Bonchev–Trinajstić information content (AvgIpc) is 2.82. The van der Waals surface area contributed by atoms with Crippen LogP contribution < -0.4 is 0 Å². The molecule has 2 aromatic heterocycles. The first-order chi connectivity index (χ1) is 7.63. The lowest BCUT2D eigenvalue weighted by Gasteiger charge is -2.03. The van der Waals surface area contributed by atoms with Gasteiger partial charge in [-0.05, 0) is 12.0 Å². The maximum atomic E-state index is 10.8. The monoisotopic (exact) mass is 218 g/mol. The first-order valence-corrected chi connectivity index (χ1v) is 5.20. The lowest BCUT2D eigenvalue weighted by molar-refractivity contribution is 0.110. The largest absolute Gasteiger partial charge is 0.461 e. The van der Waals surface area contributed by atoms with E-state index in [1.807, 2.05) is 13.2 Å². The van der Waals surface area contributed by atoms with Gasteiger partial charge >= 0.3 is 0 Å². The summed E-state index contributed by atoms with van der Waals surface area (Å²) in [4.78, 5) is 10.8. The molecule has 0 radical (unpaired) electrons. The normalized spacial score (nSPS) is 11.0. The standard InChI is InChI=1S/C12H14N2O2/c1-8(2)12-10(6-14(3)13-12)9-4-5-16-11(9)7-15/h4-8H,1-3H3. The van der Waals surface area contributed by atoms with Crippen LogP contribution in [0.5, 0.6) is 0 Å². The second-order valence-electron chi connectivity index (χ2n) is 4.07. The third kappa shape index (κ3) is 1.66. The van der Waals surface area contributed by atoms with Gasteiger partial charge in [-0.15, -0.1) is 0 Å². The van der Waals surface area contributed by atoms with Gasteiger partial charge in [0, 0.05) is 24.4 Å². The molecule has 0 bridgehead atoms. The lowest BCUT2D eigenvalue weighted by Crippen LogP contribution is -1.94. The van der Waals surface area contributed by atoms with Gasteiger partial charge in [0.25, 0.3) is 0 Å². The van der Waals surface area contributed by atoms with E-state index in [2.05, 4.69) is 18.9 Å². The van der Waals surface area contributed by atoms with Crippen LogP contribution in [0, 0.1) is 0 Å². The van der Waals surface area contributed by atoms with Crippen LogP contribution in [-0.4, -0.2) is 16.1 Å². The number of aromatic nitrogens is 2. The topological polar surface area (TPSA) is 48.0 Å². The number of carbonyl (C=O) groups is 1. The van der Waals surface area contributed by atoms with E-state index < -0.39 is 0 Å². The van der Waals surface area contributed by atoms with E-state index in [1.54, 1.807) is 10.7 Å². The molecule has 84 valence electrons. The molecule has 0 aliphatic rings. The average molecular weight is 218 g/mol. The summed E-state index contributed by atoms with van der Waals surface area (Å²) >= 11 is 0. The smallest absolute Gasteiger partial charge is 0.185 e. The molecule has 2 aromatic rings. The van der Waals surface area contributed by atoms with E-state index in [1.165, 1.54) is 6.26 Å². The van der Waals surface area contributed by atoms with Crippen LogP contribution >= 0.6 is 0 Å². The lowest BCUT2D eigenvalue weighted by atomic mass is 10.0. The molecule has 0 saturated carbocycles. The highest BCUT2D eigenvalue weighted by Crippen LogP contribution is 2.30. The zero-order valence-corrected chi connectivity index (χ0v) is 9.60. The summed E-state index contributed by atoms with van der Waals surface area (Å²) in [6.45, 7) is 4.15. The SMILES string of the molecule is CC(C)c1nn(C)cc1-c1ccoc1C=O. The summed E-state index contributed by atoms with van der Waals surface area (Å²) in [6, 6.07) is 1.80. The van der Waals surface area contributed by atoms with Crippen molar-refractivity contribution in [3.63, 3.8) is 0 Å². The molecule has 0 amide bonds. The van der Waals surface area contributed by atoms with Crippen molar-refractivity contribution < 1.29 is 9.21 Å². The molecule has 4 nitrogen and oxygen atoms in total. The Morgan fingerprint density at radius 1 is 1.44 bits per heavy atom. The van der Waals surface area contributed by atoms with E-state index in [0.29, 0.717) is 11.7 Å². The predicted octanol–water partition coefficient (Wildman–Crippen LogP) is 2.62. The number of hydrogen-bond acceptors (Lipinski definition) is 3. The molecule has 0 fully saturated rings. The van der Waals surface area contributed by atoms with Crippen molar-refractivity contribution in [3.05, 3.63) is 30.0 Å². The fourth-order valence-electron chi connectivity index (χ4n) is 1.77. The van der Waals surface area contributed by atoms with Gasteiger partial charge in [0.05, 0.1) is 12.0 Å². The molecule has 0 spiro atoms. The van der Waals surface area contributed by atoms with Crippen molar-refractivity contribution >= 4 is 6.29 Å². The van der Waals surface area contributed by atoms with Gasteiger partial charge in [-0.2, -0.15) is 5.10 Å². The van der Waals surface area contributed by atoms with Gasteiger partial charge < -0.3 is 4.42 Å². The number of hydrogen-bond donors (Lipinski definition) is 0. The highest BCUT2D eigenvalue weighted by Gasteiger charge is 2.17. The predicted molar refractivity (Wildman–Crippen MR) is 60.4 cm³/mol. The van der Waals surface area contributed by atoms with Gasteiger partial charge in [0.15, 0.2) is 12.0 Å². The fraction of sp³-hybridized carbons (Fsp3) is 0.333. The van der Waals surface area contributed by atoms with E-state index in [4.69, 9.17) is 4.42 Å². The van der Waals surface area contributed by atoms with Crippen LogP contribution in [0.25, 0.3) is 11.1 Å². The molecule has 0 unspecified atom stereocenters. The molecular weight excluding hydrogens is 204 g/mol. The van der Waals surface area contributed by atoms with Gasteiger partial charge in [0.1, 0.15) is 0 Å². The number of nitrogens with zero attached hydrogens (tertiary/aromatic N) is 2. The van der Waals surface area contributed by atoms with Crippen LogP contribution in [0.4, 0.5) is 0 Å². The molecule has 0 aliphatic carbocycles. The van der Waals surface area contributed by atoms with Crippen molar-refractivity contribution in [2.75, 3.05) is 0 Å². The Morgan fingerprint density at radius 2 is 2.19 bits per heavy atom. The molecule has 0 aliphatic heterocycles. The molecule has 2 heterocycles. The van der Waals surface area contributed by atoms with Gasteiger partial charge in [-0.3, -0.25) is 9.48 Å². The Kier molecular flexibility index (Phi) is 2.64. The molecule has 0 saturated heterocycles. The van der Waals surface area contributed by atoms with E-state index in [9.17, 15) is 4.79 Å². The van der Waals surface area contributed by atoms with E-state index >= 15 is 0 Å². The summed E-state index contributed by atoms with van der Waals surface area (Å²) in [5.41, 5.74) is 2.76. The third-order valence-electron chi connectivity index (χ3n) is 2.50. The second kappa shape index (κ2) is 3.96. The van der Waals surface area contributed by atoms with Crippen molar-refractivity contribution in [2.24, 2.45) is 7.05 Å². The molecule has 2 rings (SSSR count). The fourth-order valence-corrected chi connectivity index (χ4v) is 1.77. The maximum Gasteiger partial charge on any atom is 0.185 e. The Morgan fingerprint density at radius 3 is 2.81 bits per heavy atom. The number of aryl methyl sites for hydroxylation is 1. The van der Waals surface area contributed by atoms with Crippen LogP contribution in [-0.2, 0) is 7.05 Å². The summed E-state index contributed by atoms with van der Waals surface area (Å²) in [5, 5.41) is 4.40. The minimum absolute atomic E-state index is 0.311. The Hall–Kier alpha value is -1.84. The summed E-state index contributed by atoms with van der Waals surface area (Å²) in [6.07, 6.45) is 4.16. The molecule has 0 aromatic carbocycles. The van der Waals surface area contributed by atoms with Crippen LogP contribution in [0.15, 0.2) is 22.9 Å². The quantitative estimate of drug-likeness (QED) is 0.744. The molecular formula is C12H14N2O2. The number of aldehydes is 1. The van der Waals surface area contributed by atoms with Gasteiger partial charge in [0.2, 0.25) is 0 Å². The summed E-state index contributed by atoms with van der Waals surface area (Å²) in [7, 11) is 1.87. The van der Waals surface area contributed by atoms with Crippen molar-refractivity contribution in [3.8, 4) is 11.1 Å². The van der Waals surface area contributed by atoms with Crippen molar-refractivity contribution in [1.82, 2.24) is 9.78 Å². The van der Waals surface area contributed by atoms with E-state index in [-0.39, 0.29) is 0 Å². The molecule has 0 N–H and O–H groups in total. The summed E-state index contributed by atoms with van der Waals surface area (Å²) < 4.78 is 6.86. The van der Waals surface area contributed by atoms with Crippen molar-refractivity contribution in [1.29, 1.82) is 0 Å². The Balaban J connectivity index is 2.59. The first-order valence-electron chi connectivity index (χ1n) is 5.20. The zero-order valence-electron chi connectivity index (χ0n) is 9.60. The highest BCUT2D eigenvalue weighted by molar-refractivity contribution is 5.84. The molecule has 0 atom stereocenters. The van der Waals surface area contributed by atoms with Crippen LogP contribution in [0.3, 0.4) is 0 Å². The van der Waals surface area contributed by atoms with E-state index in [0.717, 1.165) is 23.1 Å². The Labute approximate surface area is 93.9 Å². The minimum Gasteiger partial charge on any atom is -0.461 e. The van der Waals surface area contributed by atoms with Crippen LogP contribution in [0.2, 0.25) is 0 Å². The van der Waals surface area contributed by atoms with Gasteiger partial charge in [-0.25, -0.2) is 0 Å². The maximum absolute atomic E-state index is 10.8. The number of rotatable bonds is 3. The molecule has 4 heteroatoms.